The minimum atomic E-state index is 0.142. The van der Waals surface area contributed by atoms with E-state index in [0.717, 1.165) is 12.2 Å². The normalized spacial score (nSPS) is 16.6. The van der Waals surface area contributed by atoms with Crippen molar-refractivity contribution in [2.24, 2.45) is 11.8 Å². The zero-order valence-corrected chi connectivity index (χ0v) is 10.5. The smallest absolute Gasteiger partial charge is 0.227 e. The number of carbonyl (C=O) groups excluding carboxylic acids is 1. The second-order valence-electron chi connectivity index (χ2n) is 4.85. The predicted molar refractivity (Wildman–Crippen MR) is 69.7 cm³/mol. The van der Waals surface area contributed by atoms with E-state index in [9.17, 15) is 4.79 Å². The lowest BCUT2D eigenvalue weighted by molar-refractivity contribution is -0.119. The third kappa shape index (κ3) is 3.30. The maximum absolute atomic E-state index is 11.9. The van der Waals surface area contributed by atoms with Gasteiger partial charge in [0.25, 0.3) is 0 Å². The van der Waals surface area contributed by atoms with Crippen LogP contribution in [0, 0.1) is 11.8 Å². The van der Waals surface area contributed by atoms with Gasteiger partial charge in [-0.15, -0.1) is 0 Å². The molecule has 1 atom stereocenters. The van der Waals surface area contributed by atoms with Crippen molar-refractivity contribution in [3.8, 4) is 0 Å². The molecular weight excluding hydrogens is 212 g/mol. The fraction of sp³-hybridized carbons (Fsp3) is 0.500. The quantitative estimate of drug-likeness (QED) is 0.818. The first-order valence-electron chi connectivity index (χ1n) is 6.25. The van der Waals surface area contributed by atoms with Crippen LogP contribution < -0.4 is 10.6 Å². The second-order valence-corrected chi connectivity index (χ2v) is 4.85. The monoisotopic (exact) mass is 232 g/mol. The SMILES string of the molecule is CNCc1cccc(NC(=O)C(C)C2CC2)c1. The van der Waals surface area contributed by atoms with Crippen LogP contribution in [0.4, 0.5) is 5.69 Å². The molecule has 0 spiro atoms. The highest BCUT2D eigenvalue weighted by molar-refractivity contribution is 5.92. The highest BCUT2D eigenvalue weighted by Crippen LogP contribution is 2.37. The topological polar surface area (TPSA) is 41.1 Å². The van der Waals surface area contributed by atoms with Crippen molar-refractivity contribution in [3.05, 3.63) is 29.8 Å². The summed E-state index contributed by atoms with van der Waals surface area (Å²) >= 11 is 0. The molecule has 1 aromatic carbocycles. The summed E-state index contributed by atoms with van der Waals surface area (Å²) in [7, 11) is 1.92. The van der Waals surface area contributed by atoms with Gasteiger partial charge in [0.05, 0.1) is 0 Å². The number of amides is 1. The lowest BCUT2D eigenvalue weighted by atomic mass is 10.1. The number of benzene rings is 1. The largest absolute Gasteiger partial charge is 0.326 e. The molecule has 2 N–H and O–H groups in total. The van der Waals surface area contributed by atoms with Gasteiger partial charge in [-0.3, -0.25) is 4.79 Å². The Bertz CT molecular complexity index is 399. The van der Waals surface area contributed by atoms with Gasteiger partial charge in [0, 0.05) is 18.2 Å². The third-order valence-corrected chi connectivity index (χ3v) is 3.32. The molecule has 1 saturated carbocycles. The Kier molecular flexibility index (Phi) is 3.79. The molecule has 1 amide bonds. The maximum Gasteiger partial charge on any atom is 0.227 e. The van der Waals surface area contributed by atoms with E-state index in [1.165, 1.54) is 18.4 Å². The molecule has 1 fully saturated rings. The predicted octanol–water partition coefficient (Wildman–Crippen LogP) is 2.39. The highest BCUT2D eigenvalue weighted by atomic mass is 16.1. The van der Waals surface area contributed by atoms with Gasteiger partial charge in [0.15, 0.2) is 0 Å². The van der Waals surface area contributed by atoms with Crippen LogP contribution in [0.3, 0.4) is 0 Å². The van der Waals surface area contributed by atoms with E-state index >= 15 is 0 Å². The number of hydrogen-bond acceptors (Lipinski definition) is 2. The van der Waals surface area contributed by atoms with Crippen LogP contribution in [0.5, 0.6) is 0 Å². The Labute approximate surface area is 103 Å². The zero-order valence-electron chi connectivity index (χ0n) is 10.5. The van der Waals surface area contributed by atoms with Crippen LogP contribution in [-0.4, -0.2) is 13.0 Å². The number of nitrogens with one attached hydrogen (secondary N) is 2. The number of carbonyl (C=O) groups is 1. The fourth-order valence-electron chi connectivity index (χ4n) is 2.03. The van der Waals surface area contributed by atoms with Gasteiger partial charge < -0.3 is 10.6 Å². The van der Waals surface area contributed by atoms with E-state index in [-0.39, 0.29) is 11.8 Å². The molecule has 0 saturated heterocycles. The second kappa shape index (κ2) is 5.32. The number of hydrogen-bond donors (Lipinski definition) is 2. The van der Waals surface area contributed by atoms with Gasteiger partial charge in [-0.25, -0.2) is 0 Å². The van der Waals surface area contributed by atoms with E-state index < -0.39 is 0 Å². The molecule has 17 heavy (non-hydrogen) atoms. The zero-order chi connectivity index (χ0) is 12.3. The Hall–Kier alpha value is -1.35. The molecule has 92 valence electrons. The van der Waals surface area contributed by atoms with Crippen LogP contribution in [0.2, 0.25) is 0 Å². The van der Waals surface area contributed by atoms with E-state index in [4.69, 9.17) is 0 Å². The first-order valence-corrected chi connectivity index (χ1v) is 6.25. The standard InChI is InChI=1S/C14H20N2O/c1-10(12-6-7-12)14(17)16-13-5-3-4-11(8-13)9-15-2/h3-5,8,10,12,15H,6-7,9H2,1-2H3,(H,16,17). The van der Waals surface area contributed by atoms with Gasteiger partial charge in [-0.2, -0.15) is 0 Å². The molecule has 0 aliphatic heterocycles. The van der Waals surface area contributed by atoms with Crippen molar-refractivity contribution in [2.45, 2.75) is 26.3 Å². The van der Waals surface area contributed by atoms with Crippen molar-refractivity contribution in [2.75, 3.05) is 12.4 Å². The van der Waals surface area contributed by atoms with Gasteiger partial charge in [0.2, 0.25) is 5.91 Å². The summed E-state index contributed by atoms with van der Waals surface area (Å²) in [6.45, 7) is 2.84. The van der Waals surface area contributed by atoms with Gasteiger partial charge in [-0.05, 0) is 43.5 Å². The van der Waals surface area contributed by atoms with Crippen molar-refractivity contribution >= 4 is 11.6 Å². The Morgan fingerprint density at radius 1 is 1.47 bits per heavy atom. The Morgan fingerprint density at radius 2 is 2.24 bits per heavy atom. The molecule has 0 aromatic heterocycles. The third-order valence-electron chi connectivity index (χ3n) is 3.32. The molecule has 3 nitrogen and oxygen atoms in total. The van der Waals surface area contributed by atoms with Gasteiger partial charge in [0.1, 0.15) is 0 Å². The molecular formula is C14H20N2O. The van der Waals surface area contributed by atoms with Crippen LogP contribution in [0.1, 0.15) is 25.3 Å². The van der Waals surface area contributed by atoms with Gasteiger partial charge >= 0.3 is 0 Å². The molecule has 1 aliphatic carbocycles. The van der Waals surface area contributed by atoms with Crippen molar-refractivity contribution < 1.29 is 4.79 Å². The average molecular weight is 232 g/mol. The van der Waals surface area contributed by atoms with Crippen molar-refractivity contribution in [1.82, 2.24) is 5.32 Å². The minimum Gasteiger partial charge on any atom is -0.326 e. The summed E-state index contributed by atoms with van der Waals surface area (Å²) in [5.41, 5.74) is 2.08. The molecule has 0 bridgehead atoms. The van der Waals surface area contributed by atoms with Crippen LogP contribution in [-0.2, 0) is 11.3 Å². The van der Waals surface area contributed by atoms with E-state index in [0.29, 0.717) is 5.92 Å². The molecule has 1 unspecified atom stereocenters. The Balaban J connectivity index is 1.97. The lowest BCUT2D eigenvalue weighted by Gasteiger charge is -2.11. The summed E-state index contributed by atoms with van der Waals surface area (Å²) in [4.78, 5) is 11.9. The molecule has 0 heterocycles. The van der Waals surface area contributed by atoms with Gasteiger partial charge in [-0.1, -0.05) is 19.1 Å². The number of anilines is 1. The van der Waals surface area contributed by atoms with Crippen molar-refractivity contribution in [3.63, 3.8) is 0 Å². The molecule has 2 rings (SSSR count). The summed E-state index contributed by atoms with van der Waals surface area (Å²) in [5, 5.41) is 6.10. The van der Waals surface area contributed by atoms with Crippen LogP contribution >= 0.6 is 0 Å². The average Bonchev–Trinajstić information content (AvgIpc) is 3.13. The molecule has 1 aromatic rings. The van der Waals surface area contributed by atoms with E-state index in [1.807, 2.05) is 32.2 Å². The minimum absolute atomic E-state index is 0.142. The number of rotatable bonds is 5. The first kappa shape index (κ1) is 12.1. The summed E-state index contributed by atoms with van der Waals surface area (Å²) in [6, 6.07) is 7.99. The molecule has 3 heteroatoms. The maximum atomic E-state index is 11.9. The summed E-state index contributed by atoms with van der Waals surface area (Å²) in [6.07, 6.45) is 2.41. The summed E-state index contributed by atoms with van der Waals surface area (Å²) in [5.74, 6) is 0.896. The first-order chi connectivity index (χ1) is 8.20. The Morgan fingerprint density at radius 3 is 2.88 bits per heavy atom. The fourth-order valence-corrected chi connectivity index (χ4v) is 2.03. The van der Waals surface area contributed by atoms with Crippen LogP contribution in [0.25, 0.3) is 0 Å². The molecule has 1 aliphatic rings. The van der Waals surface area contributed by atoms with Crippen LogP contribution in [0.15, 0.2) is 24.3 Å². The lowest BCUT2D eigenvalue weighted by Crippen LogP contribution is -2.21. The highest BCUT2D eigenvalue weighted by Gasteiger charge is 2.32. The molecule has 0 radical (unpaired) electrons. The van der Waals surface area contributed by atoms with Crippen molar-refractivity contribution in [1.29, 1.82) is 0 Å². The summed E-state index contributed by atoms with van der Waals surface area (Å²) < 4.78 is 0. The van der Waals surface area contributed by atoms with E-state index in [2.05, 4.69) is 16.7 Å². The van der Waals surface area contributed by atoms with E-state index in [1.54, 1.807) is 0 Å².